The van der Waals surface area contributed by atoms with Crippen LogP contribution < -0.4 is 0 Å². The van der Waals surface area contributed by atoms with Crippen LogP contribution in [0.3, 0.4) is 0 Å². The third-order valence-corrected chi connectivity index (χ3v) is 2.59. The van der Waals surface area contributed by atoms with Gasteiger partial charge in [0.1, 0.15) is 11.6 Å². The van der Waals surface area contributed by atoms with Crippen LogP contribution in [0.25, 0.3) is 5.52 Å². The Morgan fingerprint density at radius 1 is 1.44 bits per heavy atom. The van der Waals surface area contributed by atoms with Crippen LogP contribution in [-0.2, 0) is 6.42 Å². The predicted molar refractivity (Wildman–Crippen MR) is 67.0 cm³/mol. The van der Waals surface area contributed by atoms with Gasteiger partial charge in [-0.2, -0.15) is 0 Å². The average molecular weight is 248 g/mol. The van der Waals surface area contributed by atoms with Gasteiger partial charge in [-0.1, -0.05) is 20.8 Å². The van der Waals surface area contributed by atoms with Gasteiger partial charge in [0.05, 0.1) is 5.52 Å². The number of rotatable bonds is 2. The second-order valence-electron chi connectivity index (χ2n) is 5.56. The Balaban J connectivity index is 2.65. The third-order valence-electron chi connectivity index (χ3n) is 2.59. The van der Waals surface area contributed by atoms with Crippen LogP contribution in [0.4, 0.5) is 0 Å². The van der Waals surface area contributed by atoms with E-state index in [1.54, 1.807) is 10.6 Å². The highest BCUT2D eigenvalue weighted by molar-refractivity contribution is 5.94. The lowest BCUT2D eigenvalue weighted by molar-refractivity contribution is 0.0693. The molecule has 2 aromatic heterocycles. The number of aromatic carboxylic acids is 1. The summed E-state index contributed by atoms with van der Waals surface area (Å²) >= 11 is 0. The smallest absolute Gasteiger partial charge is 0.356 e. The lowest BCUT2D eigenvalue weighted by Crippen LogP contribution is -2.12. The number of pyridine rings is 1. The van der Waals surface area contributed by atoms with Crippen LogP contribution in [0.1, 0.15) is 37.1 Å². The van der Waals surface area contributed by atoms with Gasteiger partial charge in [0.15, 0.2) is 5.69 Å². The molecule has 0 aliphatic heterocycles. The summed E-state index contributed by atoms with van der Waals surface area (Å²) in [6.45, 7) is 6.19. The van der Waals surface area contributed by atoms with Crippen LogP contribution in [0.5, 0.6) is 5.75 Å². The molecule has 18 heavy (non-hydrogen) atoms. The van der Waals surface area contributed by atoms with Crippen LogP contribution in [0.15, 0.2) is 18.3 Å². The maximum absolute atomic E-state index is 11.1. The summed E-state index contributed by atoms with van der Waals surface area (Å²) in [7, 11) is 0. The molecule has 2 aromatic rings. The largest absolute Gasteiger partial charge is 0.508 e. The van der Waals surface area contributed by atoms with Crippen LogP contribution in [-0.4, -0.2) is 25.6 Å². The maximum atomic E-state index is 11.1. The molecule has 96 valence electrons. The van der Waals surface area contributed by atoms with Crippen molar-refractivity contribution >= 4 is 11.5 Å². The molecule has 0 amide bonds. The number of carboxylic acid groups (broad SMARTS) is 1. The first-order chi connectivity index (χ1) is 8.28. The Labute approximate surface area is 105 Å². The number of imidazole rings is 1. The van der Waals surface area contributed by atoms with E-state index in [1.165, 1.54) is 12.1 Å². The SMILES string of the molecule is CC(C)(C)Cc1nc(C(=O)O)c2cc(O)ccn12. The van der Waals surface area contributed by atoms with Crippen molar-refractivity contribution < 1.29 is 15.0 Å². The molecule has 5 nitrogen and oxygen atoms in total. The minimum atomic E-state index is -1.08. The summed E-state index contributed by atoms with van der Waals surface area (Å²) in [6.07, 6.45) is 2.30. The molecule has 0 atom stereocenters. The van der Waals surface area contributed by atoms with Crippen LogP contribution >= 0.6 is 0 Å². The minimum absolute atomic E-state index is 0.00887. The van der Waals surface area contributed by atoms with E-state index in [0.29, 0.717) is 17.8 Å². The number of nitrogens with zero attached hydrogens (tertiary/aromatic N) is 2. The summed E-state index contributed by atoms with van der Waals surface area (Å²) in [5, 5.41) is 18.6. The summed E-state index contributed by atoms with van der Waals surface area (Å²) < 4.78 is 1.72. The molecule has 2 rings (SSSR count). The van der Waals surface area contributed by atoms with Crippen molar-refractivity contribution in [2.24, 2.45) is 5.41 Å². The van der Waals surface area contributed by atoms with Crippen molar-refractivity contribution in [3.8, 4) is 5.75 Å². The topological polar surface area (TPSA) is 74.8 Å². The first-order valence-corrected chi connectivity index (χ1v) is 5.71. The summed E-state index contributed by atoms with van der Waals surface area (Å²) in [6, 6.07) is 2.94. The quantitative estimate of drug-likeness (QED) is 0.855. The van der Waals surface area contributed by atoms with Gasteiger partial charge in [-0.15, -0.1) is 0 Å². The van der Waals surface area contributed by atoms with Gasteiger partial charge in [0.25, 0.3) is 0 Å². The molecule has 0 saturated heterocycles. The van der Waals surface area contributed by atoms with Crippen molar-refractivity contribution in [2.75, 3.05) is 0 Å². The second kappa shape index (κ2) is 4.01. The lowest BCUT2D eigenvalue weighted by Gasteiger charge is -2.16. The number of hydrogen-bond donors (Lipinski definition) is 2. The fourth-order valence-corrected chi connectivity index (χ4v) is 1.89. The van der Waals surface area contributed by atoms with E-state index in [1.807, 2.05) is 0 Å². The molecule has 2 heterocycles. The highest BCUT2D eigenvalue weighted by Gasteiger charge is 2.21. The molecular formula is C13H16N2O3. The van der Waals surface area contributed by atoms with Crippen molar-refractivity contribution in [1.82, 2.24) is 9.38 Å². The fraction of sp³-hybridized carbons (Fsp3) is 0.385. The van der Waals surface area contributed by atoms with Crippen molar-refractivity contribution in [1.29, 1.82) is 0 Å². The summed E-state index contributed by atoms with van der Waals surface area (Å²) in [4.78, 5) is 15.3. The van der Waals surface area contributed by atoms with Gasteiger partial charge in [-0.05, 0) is 11.5 Å². The monoisotopic (exact) mass is 248 g/mol. The second-order valence-corrected chi connectivity index (χ2v) is 5.56. The van der Waals surface area contributed by atoms with E-state index >= 15 is 0 Å². The van der Waals surface area contributed by atoms with E-state index in [0.717, 1.165) is 0 Å². The Bertz CT molecular complexity index is 608. The average Bonchev–Trinajstić information content (AvgIpc) is 2.54. The standard InChI is InChI=1S/C13H16N2O3/c1-13(2,3)7-10-14-11(12(17)18)9-6-8(16)4-5-15(9)10/h4-6,16H,7H2,1-3H3,(H,17,18). The van der Waals surface area contributed by atoms with Gasteiger partial charge in [-0.3, -0.25) is 0 Å². The molecule has 0 aliphatic rings. The van der Waals surface area contributed by atoms with Gasteiger partial charge in [0, 0.05) is 18.7 Å². The number of aromatic hydroxyl groups is 1. The normalized spacial score (nSPS) is 11.9. The van der Waals surface area contributed by atoms with E-state index in [-0.39, 0.29) is 16.9 Å². The molecule has 0 saturated carbocycles. The zero-order valence-electron chi connectivity index (χ0n) is 10.6. The lowest BCUT2D eigenvalue weighted by atomic mass is 9.92. The van der Waals surface area contributed by atoms with Gasteiger partial charge < -0.3 is 14.6 Å². The number of carbonyl (C=O) groups is 1. The van der Waals surface area contributed by atoms with Gasteiger partial charge in [0.2, 0.25) is 0 Å². The highest BCUT2D eigenvalue weighted by Crippen LogP contribution is 2.24. The molecular weight excluding hydrogens is 232 g/mol. The zero-order chi connectivity index (χ0) is 13.5. The van der Waals surface area contributed by atoms with E-state index in [2.05, 4.69) is 25.8 Å². The molecule has 0 aliphatic carbocycles. The van der Waals surface area contributed by atoms with Crippen molar-refractivity contribution in [3.05, 3.63) is 29.8 Å². The van der Waals surface area contributed by atoms with Gasteiger partial charge >= 0.3 is 5.97 Å². The third kappa shape index (κ3) is 2.30. The van der Waals surface area contributed by atoms with Gasteiger partial charge in [-0.25, -0.2) is 9.78 Å². The Morgan fingerprint density at radius 2 is 2.11 bits per heavy atom. The maximum Gasteiger partial charge on any atom is 0.356 e. The zero-order valence-corrected chi connectivity index (χ0v) is 10.6. The molecule has 0 unspecified atom stereocenters. The Hall–Kier alpha value is -2.04. The van der Waals surface area contributed by atoms with E-state index < -0.39 is 5.97 Å². The first-order valence-electron chi connectivity index (χ1n) is 5.71. The molecule has 0 fully saturated rings. The first kappa shape index (κ1) is 12.4. The predicted octanol–water partition coefficient (Wildman–Crippen LogP) is 2.33. The van der Waals surface area contributed by atoms with E-state index in [4.69, 9.17) is 5.11 Å². The van der Waals surface area contributed by atoms with Crippen LogP contribution in [0.2, 0.25) is 0 Å². The molecule has 0 aromatic carbocycles. The Kier molecular flexibility index (Phi) is 2.77. The number of carboxylic acids is 1. The van der Waals surface area contributed by atoms with Crippen LogP contribution in [0, 0.1) is 5.41 Å². The Morgan fingerprint density at radius 3 is 2.67 bits per heavy atom. The minimum Gasteiger partial charge on any atom is -0.508 e. The number of fused-ring (bicyclic) bond motifs is 1. The molecule has 0 radical (unpaired) electrons. The molecule has 2 N–H and O–H groups in total. The fourth-order valence-electron chi connectivity index (χ4n) is 1.89. The molecule has 0 bridgehead atoms. The number of aromatic nitrogens is 2. The van der Waals surface area contributed by atoms with Crippen molar-refractivity contribution in [2.45, 2.75) is 27.2 Å². The summed E-state index contributed by atoms with van der Waals surface area (Å²) in [5.74, 6) is -0.361. The molecule has 5 heteroatoms. The van der Waals surface area contributed by atoms with Crippen molar-refractivity contribution in [3.63, 3.8) is 0 Å². The van der Waals surface area contributed by atoms with E-state index in [9.17, 15) is 9.90 Å². The highest BCUT2D eigenvalue weighted by atomic mass is 16.4. The summed E-state index contributed by atoms with van der Waals surface area (Å²) in [5.41, 5.74) is 0.404. The molecule has 0 spiro atoms. The number of hydrogen-bond acceptors (Lipinski definition) is 3.